The molecule has 0 saturated carbocycles. The lowest BCUT2D eigenvalue weighted by atomic mass is 9.97. The number of nitrogens with zero attached hydrogens (tertiary/aromatic N) is 1. The van der Waals surface area contributed by atoms with Crippen LogP contribution in [0.1, 0.15) is 41.2 Å². The number of rotatable bonds is 7. The number of hydrogen-bond acceptors (Lipinski definition) is 4. The maximum Gasteiger partial charge on any atom is 0.282 e. The van der Waals surface area contributed by atoms with Gasteiger partial charge in [-0.05, 0) is 74.6 Å². The number of benzene rings is 3. The minimum Gasteiger partial charge on any atom is -0.491 e. The number of anilines is 2. The van der Waals surface area contributed by atoms with Gasteiger partial charge in [0, 0.05) is 5.69 Å². The van der Waals surface area contributed by atoms with Crippen molar-refractivity contribution in [3.05, 3.63) is 94.2 Å². The highest BCUT2D eigenvalue weighted by atomic mass is 16.5. The van der Waals surface area contributed by atoms with E-state index in [0.717, 1.165) is 39.9 Å². The van der Waals surface area contributed by atoms with Gasteiger partial charge in [0.1, 0.15) is 11.4 Å². The van der Waals surface area contributed by atoms with Crippen LogP contribution in [0.25, 0.3) is 5.57 Å². The van der Waals surface area contributed by atoms with Crippen molar-refractivity contribution < 1.29 is 14.3 Å². The van der Waals surface area contributed by atoms with Gasteiger partial charge >= 0.3 is 0 Å². The zero-order chi connectivity index (χ0) is 24.4. The van der Waals surface area contributed by atoms with E-state index in [0.29, 0.717) is 23.6 Å². The van der Waals surface area contributed by atoms with Crippen LogP contribution in [0.3, 0.4) is 0 Å². The fourth-order valence-corrected chi connectivity index (χ4v) is 4.21. The lowest BCUT2D eigenvalue weighted by Crippen LogP contribution is -2.33. The second-order valence-corrected chi connectivity index (χ2v) is 8.70. The van der Waals surface area contributed by atoms with Crippen LogP contribution in [0, 0.1) is 27.7 Å². The number of para-hydroxylation sites is 2. The average molecular weight is 455 g/mol. The molecule has 2 amide bonds. The molecule has 1 heterocycles. The van der Waals surface area contributed by atoms with Gasteiger partial charge < -0.3 is 10.1 Å². The first-order valence-corrected chi connectivity index (χ1v) is 11.6. The second kappa shape index (κ2) is 9.56. The molecular weight excluding hydrogens is 424 g/mol. The first-order chi connectivity index (χ1) is 16.3. The number of nitrogens with one attached hydrogen (secondary N) is 1. The third-order valence-corrected chi connectivity index (χ3v) is 6.17. The maximum atomic E-state index is 13.9. The Kier molecular flexibility index (Phi) is 6.55. The van der Waals surface area contributed by atoms with Crippen molar-refractivity contribution >= 4 is 28.8 Å². The molecule has 0 aromatic heterocycles. The number of carbonyl (C=O) groups excluding carboxylic acids is 2. The Hall–Kier alpha value is -3.86. The van der Waals surface area contributed by atoms with Crippen molar-refractivity contribution in [1.82, 2.24) is 0 Å². The van der Waals surface area contributed by atoms with Crippen LogP contribution in [0.2, 0.25) is 0 Å². The van der Waals surface area contributed by atoms with Gasteiger partial charge in [-0.2, -0.15) is 0 Å². The van der Waals surface area contributed by atoms with Gasteiger partial charge in [0.2, 0.25) is 0 Å². The van der Waals surface area contributed by atoms with Crippen LogP contribution < -0.4 is 15.0 Å². The molecule has 1 aliphatic rings. The number of ether oxygens (including phenoxy) is 1. The first kappa shape index (κ1) is 23.3. The van der Waals surface area contributed by atoms with E-state index < -0.39 is 5.91 Å². The SMILES string of the molecule is CCCOc1ccccc1N1C(=O)C(Nc2cccc(C)c2C)=C(c2ccc(C)cc2C)C1=O. The molecule has 0 spiro atoms. The van der Waals surface area contributed by atoms with E-state index in [1.807, 2.05) is 83.1 Å². The molecule has 0 atom stereocenters. The number of hydrogen-bond donors (Lipinski definition) is 1. The van der Waals surface area contributed by atoms with Gasteiger partial charge in [-0.3, -0.25) is 9.59 Å². The number of amides is 2. The highest BCUT2D eigenvalue weighted by Gasteiger charge is 2.42. The Morgan fingerprint density at radius 3 is 2.35 bits per heavy atom. The Labute approximate surface area is 201 Å². The van der Waals surface area contributed by atoms with Crippen LogP contribution in [-0.4, -0.2) is 18.4 Å². The maximum absolute atomic E-state index is 13.9. The third-order valence-electron chi connectivity index (χ3n) is 6.17. The topological polar surface area (TPSA) is 58.6 Å². The summed E-state index contributed by atoms with van der Waals surface area (Å²) in [4.78, 5) is 28.9. The molecule has 34 heavy (non-hydrogen) atoms. The van der Waals surface area contributed by atoms with E-state index in [1.165, 1.54) is 4.90 Å². The smallest absolute Gasteiger partial charge is 0.282 e. The zero-order valence-electron chi connectivity index (χ0n) is 20.4. The molecule has 0 unspecified atom stereocenters. The van der Waals surface area contributed by atoms with Crippen LogP contribution in [0.4, 0.5) is 11.4 Å². The summed E-state index contributed by atoms with van der Waals surface area (Å²) in [7, 11) is 0. The molecule has 5 nitrogen and oxygen atoms in total. The van der Waals surface area contributed by atoms with Gasteiger partial charge in [-0.25, -0.2) is 4.90 Å². The monoisotopic (exact) mass is 454 g/mol. The van der Waals surface area contributed by atoms with Crippen molar-refractivity contribution in [2.75, 3.05) is 16.8 Å². The summed E-state index contributed by atoms with van der Waals surface area (Å²) in [5.74, 6) is -0.246. The molecule has 0 saturated heterocycles. The normalized spacial score (nSPS) is 13.6. The van der Waals surface area contributed by atoms with Gasteiger partial charge in [0.15, 0.2) is 0 Å². The lowest BCUT2D eigenvalue weighted by molar-refractivity contribution is -0.120. The van der Waals surface area contributed by atoms with Crippen LogP contribution in [0.15, 0.2) is 66.4 Å². The molecule has 3 aromatic rings. The summed E-state index contributed by atoms with van der Waals surface area (Å²) in [6, 6.07) is 19.0. The molecule has 0 bridgehead atoms. The molecule has 5 heteroatoms. The van der Waals surface area contributed by atoms with Gasteiger partial charge in [-0.15, -0.1) is 0 Å². The predicted molar refractivity (Wildman–Crippen MR) is 137 cm³/mol. The van der Waals surface area contributed by atoms with Gasteiger partial charge in [0.05, 0.1) is 17.9 Å². The molecule has 0 radical (unpaired) electrons. The van der Waals surface area contributed by atoms with Crippen molar-refractivity contribution in [3.63, 3.8) is 0 Å². The fraction of sp³-hybridized carbons (Fsp3) is 0.241. The molecule has 1 aliphatic heterocycles. The van der Waals surface area contributed by atoms with Crippen LogP contribution >= 0.6 is 0 Å². The van der Waals surface area contributed by atoms with Crippen molar-refractivity contribution in [2.45, 2.75) is 41.0 Å². The van der Waals surface area contributed by atoms with E-state index in [9.17, 15) is 9.59 Å². The quantitative estimate of drug-likeness (QED) is 0.438. The molecular formula is C29H30N2O3. The summed E-state index contributed by atoms with van der Waals surface area (Å²) in [5, 5.41) is 3.31. The fourth-order valence-electron chi connectivity index (χ4n) is 4.21. The highest BCUT2D eigenvalue weighted by Crippen LogP contribution is 2.39. The lowest BCUT2D eigenvalue weighted by Gasteiger charge is -2.19. The predicted octanol–water partition coefficient (Wildman–Crippen LogP) is 6.11. The summed E-state index contributed by atoms with van der Waals surface area (Å²) in [5.41, 5.74) is 6.80. The molecule has 4 rings (SSSR count). The minimum absolute atomic E-state index is 0.274. The minimum atomic E-state index is -0.395. The average Bonchev–Trinajstić information content (AvgIpc) is 3.05. The Balaban J connectivity index is 1.87. The van der Waals surface area contributed by atoms with E-state index in [-0.39, 0.29) is 11.6 Å². The zero-order valence-corrected chi connectivity index (χ0v) is 20.4. The number of aryl methyl sites for hydroxylation is 3. The molecule has 0 aliphatic carbocycles. The standard InChI is InChI=1S/C29H30N2O3/c1-6-16-34-25-13-8-7-12-24(25)31-28(32)26(22-15-14-18(2)17-20(22)4)27(29(31)33)30-23-11-9-10-19(3)21(23)5/h7-15,17,30H,6,16H2,1-5H3. The molecule has 174 valence electrons. The van der Waals surface area contributed by atoms with Crippen molar-refractivity contribution in [2.24, 2.45) is 0 Å². The first-order valence-electron chi connectivity index (χ1n) is 11.6. The molecule has 0 fully saturated rings. The van der Waals surface area contributed by atoms with Gasteiger partial charge in [-0.1, -0.05) is 55.0 Å². The summed E-state index contributed by atoms with van der Waals surface area (Å²) >= 11 is 0. The van der Waals surface area contributed by atoms with Crippen LogP contribution in [0.5, 0.6) is 5.75 Å². The van der Waals surface area contributed by atoms with Crippen LogP contribution in [-0.2, 0) is 9.59 Å². The van der Waals surface area contributed by atoms with Crippen molar-refractivity contribution in [3.8, 4) is 5.75 Å². The second-order valence-electron chi connectivity index (χ2n) is 8.70. The summed E-state index contributed by atoms with van der Waals surface area (Å²) in [6.07, 6.45) is 0.821. The largest absolute Gasteiger partial charge is 0.491 e. The van der Waals surface area contributed by atoms with E-state index in [1.54, 1.807) is 12.1 Å². The molecule has 3 aromatic carbocycles. The third kappa shape index (κ3) is 4.21. The Bertz CT molecular complexity index is 1310. The van der Waals surface area contributed by atoms with Gasteiger partial charge in [0.25, 0.3) is 11.8 Å². The van der Waals surface area contributed by atoms with E-state index >= 15 is 0 Å². The van der Waals surface area contributed by atoms with Crippen molar-refractivity contribution in [1.29, 1.82) is 0 Å². The van der Waals surface area contributed by atoms with E-state index in [2.05, 4.69) is 5.32 Å². The Morgan fingerprint density at radius 1 is 0.853 bits per heavy atom. The number of imide groups is 1. The molecule has 1 N–H and O–H groups in total. The Morgan fingerprint density at radius 2 is 1.62 bits per heavy atom. The van der Waals surface area contributed by atoms with E-state index in [4.69, 9.17) is 4.74 Å². The number of carbonyl (C=O) groups is 2. The highest BCUT2D eigenvalue weighted by molar-refractivity contribution is 6.46. The summed E-state index contributed by atoms with van der Waals surface area (Å²) < 4.78 is 5.88. The summed E-state index contributed by atoms with van der Waals surface area (Å²) in [6.45, 7) is 10.5.